The molecule has 0 aromatic heterocycles. The first-order valence-electron chi connectivity index (χ1n) is 3.70. The molecule has 0 spiro atoms. The lowest BCUT2D eigenvalue weighted by atomic mass is 10.3. The van der Waals surface area contributed by atoms with Gasteiger partial charge < -0.3 is 5.73 Å². The number of rotatable bonds is 1. The highest BCUT2D eigenvalue weighted by Crippen LogP contribution is 2.13. The van der Waals surface area contributed by atoms with Crippen molar-refractivity contribution in [1.82, 2.24) is 0 Å². The maximum absolute atomic E-state index is 10.1. The maximum Gasteiger partial charge on any atom is 0.271 e. The van der Waals surface area contributed by atoms with Crippen LogP contribution in [0.15, 0.2) is 24.3 Å². The summed E-state index contributed by atoms with van der Waals surface area (Å²) in [6.07, 6.45) is 0. The molecule has 0 fully saturated rings. The summed E-state index contributed by atoms with van der Waals surface area (Å²) in [6, 6.07) is 5.87. The van der Waals surface area contributed by atoms with Gasteiger partial charge in [-0.2, -0.15) is 0 Å². The molecule has 2 N–H and O–H groups in total. The Labute approximate surface area is 71.2 Å². The quantitative estimate of drug-likeness (QED) is 0.397. The predicted octanol–water partition coefficient (Wildman–Crippen LogP) is 2.20. The number of nitrogen functional groups attached to an aromatic ring is 1. The Kier molecular flexibility index (Phi) is 4.45. The molecule has 0 aliphatic rings. The SMILES string of the molecule is CC.Nc1cccc([N+](=O)[O-])c1. The molecule has 1 aromatic rings. The van der Waals surface area contributed by atoms with Crippen LogP contribution in [0.5, 0.6) is 0 Å². The molecule has 0 radical (unpaired) electrons. The third-order valence-corrected chi connectivity index (χ3v) is 1.08. The number of anilines is 1. The molecule has 66 valence electrons. The third-order valence-electron chi connectivity index (χ3n) is 1.08. The fourth-order valence-electron chi connectivity index (χ4n) is 0.638. The zero-order valence-electron chi connectivity index (χ0n) is 7.15. The van der Waals surface area contributed by atoms with Crippen molar-refractivity contribution in [2.45, 2.75) is 13.8 Å². The summed E-state index contributed by atoms with van der Waals surface area (Å²) in [6.45, 7) is 4.00. The van der Waals surface area contributed by atoms with E-state index in [0.717, 1.165) is 0 Å². The minimum Gasteiger partial charge on any atom is -0.399 e. The van der Waals surface area contributed by atoms with Crippen molar-refractivity contribution in [1.29, 1.82) is 0 Å². The van der Waals surface area contributed by atoms with Crippen molar-refractivity contribution in [3.63, 3.8) is 0 Å². The van der Waals surface area contributed by atoms with Gasteiger partial charge in [0.1, 0.15) is 0 Å². The standard InChI is InChI=1S/C6H6N2O2.C2H6/c7-5-2-1-3-6(4-5)8(9)10;1-2/h1-4H,7H2;1-2H3. The van der Waals surface area contributed by atoms with Crippen molar-refractivity contribution < 1.29 is 4.92 Å². The smallest absolute Gasteiger partial charge is 0.271 e. The third kappa shape index (κ3) is 3.01. The van der Waals surface area contributed by atoms with Crippen LogP contribution in [0.2, 0.25) is 0 Å². The van der Waals surface area contributed by atoms with Crippen molar-refractivity contribution >= 4 is 11.4 Å². The number of nitrogens with zero attached hydrogens (tertiary/aromatic N) is 1. The zero-order valence-corrected chi connectivity index (χ0v) is 7.15. The highest BCUT2D eigenvalue weighted by Gasteiger charge is 2.02. The molecular formula is C8H12N2O2. The first-order valence-corrected chi connectivity index (χ1v) is 3.70. The van der Waals surface area contributed by atoms with Crippen molar-refractivity contribution in [2.75, 3.05) is 5.73 Å². The van der Waals surface area contributed by atoms with Gasteiger partial charge in [-0.3, -0.25) is 10.1 Å². The number of nitro benzene ring substituents is 1. The molecule has 1 aromatic carbocycles. The molecule has 0 atom stereocenters. The molecule has 0 bridgehead atoms. The molecule has 0 heterocycles. The summed E-state index contributed by atoms with van der Waals surface area (Å²) in [5.74, 6) is 0. The van der Waals surface area contributed by atoms with Crippen LogP contribution in [0.1, 0.15) is 13.8 Å². The first-order chi connectivity index (χ1) is 5.70. The number of benzene rings is 1. The number of non-ortho nitro benzene ring substituents is 1. The van der Waals surface area contributed by atoms with Gasteiger partial charge in [0.2, 0.25) is 0 Å². The average molecular weight is 168 g/mol. The number of nitrogens with two attached hydrogens (primary N) is 1. The van der Waals surface area contributed by atoms with Crippen molar-refractivity contribution in [3.05, 3.63) is 34.4 Å². The average Bonchev–Trinajstić information content (AvgIpc) is 2.08. The van der Waals surface area contributed by atoms with E-state index < -0.39 is 4.92 Å². The molecular weight excluding hydrogens is 156 g/mol. The monoisotopic (exact) mass is 168 g/mol. The molecule has 0 saturated heterocycles. The van der Waals surface area contributed by atoms with Gasteiger partial charge >= 0.3 is 0 Å². The number of nitro groups is 1. The minimum atomic E-state index is -0.476. The molecule has 12 heavy (non-hydrogen) atoms. The topological polar surface area (TPSA) is 69.2 Å². The largest absolute Gasteiger partial charge is 0.399 e. The van der Waals surface area contributed by atoms with Crippen LogP contribution in [0.4, 0.5) is 11.4 Å². The number of hydrogen-bond acceptors (Lipinski definition) is 3. The van der Waals surface area contributed by atoms with Gasteiger partial charge in [0.05, 0.1) is 4.92 Å². The van der Waals surface area contributed by atoms with E-state index in [0.29, 0.717) is 5.69 Å². The van der Waals surface area contributed by atoms with E-state index in [1.54, 1.807) is 12.1 Å². The highest BCUT2D eigenvalue weighted by atomic mass is 16.6. The Balaban J connectivity index is 0.000000561. The summed E-state index contributed by atoms with van der Waals surface area (Å²) < 4.78 is 0. The van der Waals surface area contributed by atoms with Gasteiger partial charge in [-0.1, -0.05) is 19.9 Å². The van der Waals surface area contributed by atoms with Crippen molar-refractivity contribution in [2.24, 2.45) is 0 Å². The van der Waals surface area contributed by atoms with Gasteiger partial charge in [-0.15, -0.1) is 0 Å². The van der Waals surface area contributed by atoms with Crippen LogP contribution in [0, 0.1) is 10.1 Å². The van der Waals surface area contributed by atoms with Gasteiger partial charge in [-0.05, 0) is 6.07 Å². The Hall–Kier alpha value is -1.58. The lowest BCUT2D eigenvalue weighted by Crippen LogP contribution is -1.89. The summed E-state index contributed by atoms with van der Waals surface area (Å²) in [5, 5.41) is 10.1. The Bertz CT molecular complexity index is 261. The van der Waals surface area contributed by atoms with E-state index in [4.69, 9.17) is 5.73 Å². The van der Waals surface area contributed by atoms with Crippen LogP contribution >= 0.6 is 0 Å². The van der Waals surface area contributed by atoms with Crippen LogP contribution in [0.3, 0.4) is 0 Å². The van der Waals surface area contributed by atoms with E-state index in [1.165, 1.54) is 12.1 Å². The van der Waals surface area contributed by atoms with Gasteiger partial charge in [0, 0.05) is 17.8 Å². The second-order valence-corrected chi connectivity index (χ2v) is 1.85. The molecule has 0 aliphatic heterocycles. The maximum atomic E-state index is 10.1. The molecule has 4 nitrogen and oxygen atoms in total. The van der Waals surface area contributed by atoms with Gasteiger partial charge in [-0.25, -0.2) is 0 Å². The van der Waals surface area contributed by atoms with Gasteiger partial charge in [0.25, 0.3) is 5.69 Å². The number of hydrogen-bond donors (Lipinski definition) is 1. The lowest BCUT2D eigenvalue weighted by molar-refractivity contribution is -0.384. The minimum absolute atomic E-state index is 0.0278. The van der Waals surface area contributed by atoms with Crippen LogP contribution in [-0.2, 0) is 0 Å². The van der Waals surface area contributed by atoms with E-state index in [1.807, 2.05) is 13.8 Å². The predicted molar refractivity (Wildman–Crippen MR) is 48.9 cm³/mol. The summed E-state index contributed by atoms with van der Waals surface area (Å²) in [5.41, 5.74) is 5.73. The van der Waals surface area contributed by atoms with E-state index in [9.17, 15) is 10.1 Å². The van der Waals surface area contributed by atoms with Crippen molar-refractivity contribution in [3.8, 4) is 0 Å². The van der Waals surface area contributed by atoms with E-state index in [2.05, 4.69) is 0 Å². The fourth-order valence-corrected chi connectivity index (χ4v) is 0.638. The Morgan fingerprint density at radius 2 is 2.00 bits per heavy atom. The zero-order chi connectivity index (χ0) is 9.56. The summed E-state index contributed by atoms with van der Waals surface area (Å²) >= 11 is 0. The molecule has 0 unspecified atom stereocenters. The van der Waals surface area contributed by atoms with E-state index >= 15 is 0 Å². The Morgan fingerprint density at radius 3 is 2.33 bits per heavy atom. The van der Waals surface area contributed by atoms with Gasteiger partial charge in [0.15, 0.2) is 0 Å². The second-order valence-electron chi connectivity index (χ2n) is 1.85. The Morgan fingerprint density at radius 1 is 1.42 bits per heavy atom. The summed E-state index contributed by atoms with van der Waals surface area (Å²) in [4.78, 5) is 9.63. The first kappa shape index (κ1) is 10.4. The lowest BCUT2D eigenvalue weighted by Gasteiger charge is -1.90. The normalized spacial score (nSPS) is 8.17. The molecule has 1 rings (SSSR count). The second kappa shape index (κ2) is 5.12. The molecule has 0 amide bonds. The summed E-state index contributed by atoms with van der Waals surface area (Å²) in [7, 11) is 0. The molecule has 0 aliphatic carbocycles. The molecule has 0 saturated carbocycles. The van der Waals surface area contributed by atoms with Crippen LogP contribution in [-0.4, -0.2) is 4.92 Å². The molecule has 4 heteroatoms. The fraction of sp³-hybridized carbons (Fsp3) is 0.250. The highest BCUT2D eigenvalue weighted by molar-refractivity contribution is 5.46. The van der Waals surface area contributed by atoms with Crippen LogP contribution in [0.25, 0.3) is 0 Å². The van der Waals surface area contributed by atoms with E-state index in [-0.39, 0.29) is 5.69 Å². The van der Waals surface area contributed by atoms with Crippen LogP contribution < -0.4 is 5.73 Å².